The molecule has 1 fully saturated rings. The molecule has 10 heteroatoms. The normalized spacial score (nSPS) is 14.0. The number of hydrogen-bond acceptors (Lipinski definition) is 4. The highest BCUT2D eigenvalue weighted by Gasteiger charge is 2.35. The number of hydrogen-bond donors (Lipinski definition) is 1. The van der Waals surface area contributed by atoms with E-state index in [0.29, 0.717) is 5.02 Å². The molecule has 0 bridgehead atoms. The fourth-order valence-corrected chi connectivity index (χ4v) is 7.66. The molecule has 4 aromatic carbocycles. The minimum Gasteiger partial charge on any atom is -0.352 e. The van der Waals surface area contributed by atoms with E-state index in [-0.39, 0.29) is 35.5 Å². The first-order chi connectivity index (χ1) is 22.5. The fourth-order valence-electron chi connectivity index (χ4n) is 5.81. The first-order valence-electron chi connectivity index (χ1n) is 15.7. The molecule has 1 saturated carbocycles. The molecule has 246 valence electrons. The lowest BCUT2D eigenvalue weighted by atomic mass is 10.0. The van der Waals surface area contributed by atoms with E-state index in [1.54, 1.807) is 30.3 Å². The molecule has 4 aromatic rings. The van der Waals surface area contributed by atoms with E-state index in [1.807, 2.05) is 68.4 Å². The van der Waals surface area contributed by atoms with Crippen LogP contribution in [0, 0.1) is 13.8 Å². The Kier molecular flexibility index (Phi) is 11.4. The second kappa shape index (κ2) is 15.5. The van der Waals surface area contributed by atoms with Gasteiger partial charge < -0.3 is 10.2 Å². The van der Waals surface area contributed by atoms with Crippen LogP contribution in [0.3, 0.4) is 0 Å². The second-order valence-electron chi connectivity index (χ2n) is 12.1. The van der Waals surface area contributed by atoms with E-state index >= 15 is 0 Å². The van der Waals surface area contributed by atoms with Crippen LogP contribution < -0.4 is 9.62 Å². The summed E-state index contributed by atoms with van der Waals surface area (Å²) in [5, 5.41) is 3.58. The zero-order valence-corrected chi connectivity index (χ0v) is 29.7. The average molecular weight is 737 g/mol. The molecule has 7 nitrogen and oxygen atoms in total. The molecule has 1 aliphatic rings. The van der Waals surface area contributed by atoms with Gasteiger partial charge in [0.15, 0.2) is 0 Å². The number of amides is 2. The Morgan fingerprint density at radius 1 is 0.894 bits per heavy atom. The predicted octanol–water partition coefficient (Wildman–Crippen LogP) is 7.61. The zero-order valence-electron chi connectivity index (χ0n) is 26.5. The van der Waals surface area contributed by atoms with Gasteiger partial charge >= 0.3 is 0 Å². The molecule has 1 aliphatic carbocycles. The van der Waals surface area contributed by atoms with Crippen LogP contribution in [0.2, 0.25) is 5.02 Å². The lowest BCUT2D eigenvalue weighted by molar-refractivity contribution is -0.140. The number of nitrogens with one attached hydrogen (secondary N) is 1. The molecule has 0 radical (unpaired) electrons. The van der Waals surface area contributed by atoms with Gasteiger partial charge in [-0.25, -0.2) is 8.42 Å². The number of halogens is 2. The van der Waals surface area contributed by atoms with Crippen molar-refractivity contribution in [3.8, 4) is 0 Å². The van der Waals surface area contributed by atoms with Gasteiger partial charge in [0.05, 0.1) is 10.6 Å². The number of sulfonamides is 1. The molecule has 1 N–H and O–H groups in total. The van der Waals surface area contributed by atoms with E-state index in [2.05, 4.69) is 21.2 Å². The summed E-state index contributed by atoms with van der Waals surface area (Å²) in [7, 11) is -4.21. The van der Waals surface area contributed by atoms with Crippen molar-refractivity contribution < 1.29 is 18.0 Å². The molecule has 2 amide bonds. The average Bonchev–Trinajstić information content (AvgIpc) is 3.57. The third kappa shape index (κ3) is 8.83. The highest BCUT2D eigenvalue weighted by atomic mass is 79.9. The summed E-state index contributed by atoms with van der Waals surface area (Å²) in [4.78, 5) is 30.3. The summed E-state index contributed by atoms with van der Waals surface area (Å²) in [6.45, 7) is 3.27. The smallest absolute Gasteiger partial charge is 0.264 e. The minimum absolute atomic E-state index is 0.0403. The summed E-state index contributed by atoms with van der Waals surface area (Å²) in [6.07, 6.45) is 4.13. The van der Waals surface area contributed by atoms with Crippen LogP contribution >= 0.6 is 27.5 Å². The zero-order chi connectivity index (χ0) is 33.6. The van der Waals surface area contributed by atoms with Crippen molar-refractivity contribution in [3.63, 3.8) is 0 Å². The van der Waals surface area contributed by atoms with Crippen molar-refractivity contribution >= 4 is 55.1 Å². The van der Waals surface area contributed by atoms with Gasteiger partial charge in [-0.3, -0.25) is 13.9 Å². The van der Waals surface area contributed by atoms with Gasteiger partial charge in [-0.1, -0.05) is 107 Å². The predicted molar refractivity (Wildman–Crippen MR) is 191 cm³/mol. The number of anilines is 1. The maximum atomic E-state index is 14.7. The SMILES string of the molecule is Cc1ccc(S(=O)(=O)N(CC(=O)N(Cc2ccc(Br)cc2)C(Cc2ccccc2)C(=O)NC2CCCC2)c2ccc(C)c(Cl)c2)cc1. The molecule has 1 atom stereocenters. The van der Waals surface area contributed by atoms with E-state index in [4.69, 9.17) is 11.6 Å². The van der Waals surface area contributed by atoms with Crippen LogP contribution in [-0.4, -0.2) is 43.8 Å². The highest BCUT2D eigenvalue weighted by Crippen LogP contribution is 2.29. The summed E-state index contributed by atoms with van der Waals surface area (Å²) in [5.41, 5.74) is 3.63. The maximum Gasteiger partial charge on any atom is 0.264 e. The van der Waals surface area contributed by atoms with E-state index in [9.17, 15) is 18.0 Å². The fraction of sp³-hybridized carbons (Fsp3) is 0.297. The third-order valence-electron chi connectivity index (χ3n) is 8.57. The van der Waals surface area contributed by atoms with Gasteiger partial charge in [0, 0.05) is 28.5 Å². The maximum absolute atomic E-state index is 14.7. The van der Waals surface area contributed by atoms with Crippen molar-refractivity contribution in [2.75, 3.05) is 10.8 Å². The Balaban J connectivity index is 1.57. The van der Waals surface area contributed by atoms with Gasteiger partial charge in [-0.05, 0) is 79.8 Å². The molecule has 0 spiro atoms. The monoisotopic (exact) mass is 735 g/mol. The van der Waals surface area contributed by atoms with Gasteiger partial charge in [0.25, 0.3) is 10.0 Å². The Morgan fingerprint density at radius 2 is 1.55 bits per heavy atom. The van der Waals surface area contributed by atoms with Gasteiger partial charge in [-0.2, -0.15) is 0 Å². The molecule has 5 rings (SSSR count). The summed E-state index contributed by atoms with van der Waals surface area (Å²) >= 11 is 9.96. The van der Waals surface area contributed by atoms with Crippen molar-refractivity contribution in [2.45, 2.75) is 69.5 Å². The molecule has 1 unspecified atom stereocenters. The number of carbonyl (C=O) groups excluding carboxylic acids is 2. The molecule has 0 heterocycles. The molecular formula is C37H39BrClN3O4S. The Bertz CT molecular complexity index is 1800. The molecular weight excluding hydrogens is 698 g/mol. The largest absolute Gasteiger partial charge is 0.352 e. The van der Waals surface area contributed by atoms with Crippen molar-refractivity contribution in [2.24, 2.45) is 0 Å². The Morgan fingerprint density at radius 3 is 2.19 bits per heavy atom. The van der Waals surface area contributed by atoms with Crippen LogP contribution in [0.5, 0.6) is 0 Å². The van der Waals surface area contributed by atoms with Crippen molar-refractivity contribution in [1.82, 2.24) is 10.2 Å². The van der Waals surface area contributed by atoms with Crippen LogP contribution in [0.25, 0.3) is 0 Å². The lowest BCUT2D eigenvalue weighted by Crippen LogP contribution is -2.54. The first-order valence-corrected chi connectivity index (χ1v) is 18.4. The Labute approximate surface area is 291 Å². The van der Waals surface area contributed by atoms with Crippen LogP contribution in [-0.2, 0) is 32.6 Å². The van der Waals surface area contributed by atoms with Crippen molar-refractivity contribution in [1.29, 1.82) is 0 Å². The van der Waals surface area contributed by atoms with Gasteiger partial charge in [0.1, 0.15) is 12.6 Å². The van der Waals surface area contributed by atoms with E-state index < -0.39 is 28.5 Å². The van der Waals surface area contributed by atoms with Crippen LogP contribution in [0.4, 0.5) is 5.69 Å². The summed E-state index contributed by atoms with van der Waals surface area (Å²) in [5.74, 6) is -0.764. The number of nitrogens with zero attached hydrogens (tertiary/aromatic N) is 2. The number of carbonyl (C=O) groups is 2. The van der Waals surface area contributed by atoms with Crippen LogP contribution in [0.1, 0.15) is 47.9 Å². The standard InChI is InChI=1S/C37H39BrClN3O4S/c1-26-12-20-33(21-13-26)47(45,46)42(32-19-14-27(2)34(39)23-32)25-36(43)41(24-29-15-17-30(38)18-16-29)35(22-28-8-4-3-5-9-28)37(44)40-31-10-6-7-11-31/h3-5,8-9,12-21,23,31,35H,6-7,10-11,22,24-25H2,1-2H3,(H,40,44). The third-order valence-corrected chi connectivity index (χ3v) is 11.3. The number of rotatable bonds is 12. The second-order valence-corrected chi connectivity index (χ2v) is 15.3. The number of aryl methyl sites for hydroxylation is 2. The molecule has 47 heavy (non-hydrogen) atoms. The van der Waals surface area contributed by atoms with Crippen molar-refractivity contribution in [3.05, 3.63) is 129 Å². The summed E-state index contributed by atoms with van der Waals surface area (Å²) < 4.78 is 30.5. The summed E-state index contributed by atoms with van der Waals surface area (Å²) in [6, 6.07) is 27.7. The van der Waals surface area contributed by atoms with E-state index in [0.717, 1.165) is 56.7 Å². The van der Waals surface area contributed by atoms with Gasteiger partial charge in [0.2, 0.25) is 11.8 Å². The quantitative estimate of drug-likeness (QED) is 0.162. The lowest BCUT2D eigenvalue weighted by Gasteiger charge is -2.34. The first kappa shape index (κ1) is 34.7. The van der Waals surface area contributed by atoms with E-state index in [1.165, 1.54) is 17.0 Å². The topological polar surface area (TPSA) is 86.8 Å². The Hall–Kier alpha value is -3.66. The minimum atomic E-state index is -4.21. The van der Waals surface area contributed by atoms with Gasteiger partial charge in [-0.15, -0.1) is 0 Å². The molecule has 0 aliphatic heterocycles. The molecule has 0 saturated heterocycles. The van der Waals surface area contributed by atoms with Crippen LogP contribution in [0.15, 0.2) is 106 Å². The highest BCUT2D eigenvalue weighted by molar-refractivity contribution is 9.10. The molecule has 0 aromatic heterocycles. The number of benzene rings is 4.